The van der Waals surface area contributed by atoms with Crippen molar-refractivity contribution in [3.8, 4) is 0 Å². The molecule has 0 saturated carbocycles. The minimum Gasteiger partial charge on any atom is -0.481 e. The van der Waals surface area contributed by atoms with Crippen LogP contribution in [0.1, 0.15) is 85.0 Å². The number of amides is 9. The van der Waals surface area contributed by atoms with Gasteiger partial charge in [-0.05, 0) is 33.2 Å². The van der Waals surface area contributed by atoms with Crippen LogP contribution in [0.2, 0.25) is 0 Å². The van der Waals surface area contributed by atoms with E-state index in [1.165, 1.54) is 21.1 Å². The number of aliphatic hydroxyl groups is 1. The number of carbonyl (C=O) groups excluding carboxylic acids is 9. The van der Waals surface area contributed by atoms with Crippen LogP contribution >= 0.6 is 0 Å². The summed E-state index contributed by atoms with van der Waals surface area (Å²) < 4.78 is 20.2. The molecule has 17 N–H and O–H groups in total. The van der Waals surface area contributed by atoms with Crippen molar-refractivity contribution < 1.29 is 87.0 Å². The van der Waals surface area contributed by atoms with Crippen LogP contribution in [0, 0.1) is 0 Å². The largest absolute Gasteiger partial charge is 0.481 e. The van der Waals surface area contributed by atoms with Crippen LogP contribution < -0.4 is 64.9 Å². The Morgan fingerprint density at radius 3 is 1.39 bits per heavy atom. The van der Waals surface area contributed by atoms with E-state index in [1.807, 2.05) is 0 Å². The van der Waals surface area contributed by atoms with Crippen molar-refractivity contribution in [2.75, 3.05) is 86.6 Å². The number of nitrogens with one attached hydrogen (secondary N) is 10. The van der Waals surface area contributed by atoms with Crippen LogP contribution in [0.25, 0.3) is 0 Å². The standard InChI is InChI=1S/C45H80N14O18/c1-27(9-12-48-35(61)22-31(52-29(3)60)44(72)54-33(24-39(65)66)42(70)50-14-16-76-20-18-74-4)56-58-37(63)26-38(64)59-57-28(2)10-13-49-36(62)23-32(53-41(69)30(47)8-6-7-11-46)45(73)55-34(25-40(67)68)43(71)51-15-17-77-21-19-75-5/h30-34,37,58,63H,6-26,46-47H2,1-5H3,(H,48,61)(H,49,62)(H,50,70)(H,51,71)(H,52,60)(H,53,69)(H,54,72)(H,55,73)(H,59,64)(H,65,66)(H,67,68)/b56-27+,57-28+. The first-order valence-corrected chi connectivity index (χ1v) is 24.6. The summed E-state index contributed by atoms with van der Waals surface area (Å²) in [4.78, 5) is 138. The molecule has 0 aliphatic rings. The van der Waals surface area contributed by atoms with Crippen molar-refractivity contribution in [1.82, 2.24) is 53.4 Å². The highest BCUT2D eigenvalue weighted by atomic mass is 16.5. The van der Waals surface area contributed by atoms with Gasteiger partial charge in [-0.15, -0.1) is 0 Å². The van der Waals surface area contributed by atoms with Crippen molar-refractivity contribution in [2.45, 2.75) is 121 Å². The minimum absolute atomic E-state index is 0.0000847. The lowest BCUT2D eigenvalue weighted by Gasteiger charge is -2.23. The third-order valence-corrected chi connectivity index (χ3v) is 10.2. The second kappa shape index (κ2) is 42.2. The smallest absolute Gasteiger partial charge is 0.305 e. The lowest BCUT2D eigenvalue weighted by Crippen LogP contribution is -2.57. The summed E-state index contributed by atoms with van der Waals surface area (Å²) in [6, 6.07) is -7.27. The first kappa shape index (κ1) is 70.0. The molecule has 0 aromatic heterocycles. The van der Waals surface area contributed by atoms with Crippen molar-refractivity contribution >= 4 is 76.5 Å². The Hall–Kier alpha value is -6.97. The number of carboxylic acids is 2. The summed E-state index contributed by atoms with van der Waals surface area (Å²) in [5, 5.41) is 56.2. The number of hydrogen-bond donors (Lipinski definition) is 15. The molecule has 6 unspecified atom stereocenters. The van der Waals surface area contributed by atoms with Crippen LogP contribution in [-0.4, -0.2) is 215 Å². The van der Waals surface area contributed by atoms with Gasteiger partial charge >= 0.3 is 11.9 Å². The lowest BCUT2D eigenvalue weighted by molar-refractivity contribution is -0.141. The SMILES string of the molecule is COCCOCCNC(=O)C(CC(=O)O)NC(=O)C(CC(=O)NCC/C(C)=N/NC(O)CC(=O)N/N=C(\C)CCNC(=O)CC(NC(=O)C(N)CCCCN)C(=O)NC(CC(=O)O)C(=O)NCCOCCOC)NC(C)=O. The Labute approximate surface area is 445 Å². The van der Waals surface area contributed by atoms with Gasteiger partial charge in [0.05, 0.1) is 77.8 Å². The van der Waals surface area contributed by atoms with E-state index in [-0.39, 0.29) is 71.9 Å². The van der Waals surface area contributed by atoms with Gasteiger partial charge < -0.3 is 88.3 Å². The van der Waals surface area contributed by atoms with Gasteiger partial charge in [0.1, 0.15) is 30.4 Å². The lowest BCUT2D eigenvalue weighted by atomic mass is 10.1. The molecule has 32 heteroatoms. The van der Waals surface area contributed by atoms with E-state index < -0.39 is 134 Å². The topological polar surface area (TPSA) is 482 Å². The molecule has 0 aromatic rings. The number of hydrazone groups is 2. The molecule has 0 bridgehead atoms. The molecule has 77 heavy (non-hydrogen) atoms. The molecular formula is C45H80N14O18. The average Bonchev–Trinajstić information content (AvgIpc) is 3.35. The number of hydrogen-bond acceptors (Lipinski definition) is 21. The van der Waals surface area contributed by atoms with Crippen molar-refractivity contribution in [2.24, 2.45) is 21.7 Å². The molecule has 0 aliphatic carbocycles. The highest BCUT2D eigenvalue weighted by Crippen LogP contribution is 2.04. The van der Waals surface area contributed by atoms with Gasteiger partial charge in [-0.2, -0.15) is 10.2 Å². The summed E-state index contributed by atoms with van der Waals surface area (Å²) in [6.07, 6.45) is -3.36. The summed E-state index contributed by atoms with van der Waals surface area (Å²) in [5.41, 5.74) is 16.8. The molecule has 32 nitrogen and oxygen atoms in total. The van der Waals surface area contributed by atoms with Crippen molar-refractivity contribution in [3.05, 3.63) is 0 Å². The maximum atomic E-state index is 13.4. The maximum absolute atomic E-state index is 13.4. The monoisotopic (exact) mass is 1100 g/mol. The molecule has 0 radical (unpaired) electrons. The van der Waals surface area contributed by atoms with Crippen LogP contribution in [0.15, 0.2) is 10.2 Å². The zero-order valence-electron chi connectivity index (χ0n) is 44.3. The maximum Gasteiger partial charge on any atom is 0.305 e. The first-order chi connectivity index (χ1) is 36.5. The van der Waals surface area contributed by atoms with E-state index in [0.29, 0.717) is 44.0 Å². The zero-order valence-corrected chi connectivity index (χ0v) is 44.3. The number of ether oxygens (including phenoxy) is 4. The zero-order chi connectivity index (χ0) is 58.1. The highest BCUT2D eigenvalue weighted by molar-refractivity contribution is 5.98. The fourth-order valence-electron chi connectivity index (χ4n) is 6.12. The van der Waals surface area contributed by atoms with Crippen molar-refractivity contribution in [3.63, 3.8) is 0 Å². The number of aliphatic carboxylic acids is 2. The number of carbonyl (C=O) groups is 11. The molecule has 9 amide bonds. The van der Waals surface area contributed by atoms with Gasteiger partial charge in [-0.1, -0.05) is 6.42 Å². The number of nitrogens with two attached hydrogens (primary N) is 2. The first-order valence-electron chi connectivity index (χ1n) is 24.6. The van der Waals surface area contributed by atoms with Gasteiger partial charge in [-0.3, -0.25) is 58.2 Å². The molecule has 0 aliphatic heterocycles. The highest BCUT2D eigenvalue weighted by Gasteiger charge is 2.32. The Kier molecular flexibility index (Phi) is 38.4. The Morgan fingerprint density at radius 2 is 0.948 bits per heavy atom. The molecule has 0 spiro atoms. The van der Waals surface area contributed by atoms with Crippen LogP contribution in [-0.2, 0) is 71.7 Å². The van der Waals surface area contributed by atoms with E-state index in [0.717, 1.165) is 6.92 Å². The summed E-state index contributed by atoms with van der Waals surface area (Å²) >= 11 is 0. The predicted molar refractivity (Wildman–Crippen MR) is 273 cm³/mol. The second-order valence-electron chi connectivity index (χ2n) is 17.0. The number of aliphatic hydroxyl groups excluding tert-OH is 1. The molecule has 0 rings (SSSR count). The van der Waals surface area contributed by atoms with Gasteiger partial charge in [0.2, 0.25) is 53.2 Å². The Balaban J connectivity index is 5.26. The summed E-state index contributed by atoms with van der Waals surface area (Å²) in [5.74, 6) is -10.2. The summed E-state index contributed by atoms with van der Waals surface area (Å²) in [7, 11) is 2.96. The molecule has 0 heterocycles. The summed E-state index contributed by atoms with van der Waals surface area (Å²) in [6.45, 7) is 5.69. The van der Waals surface area contributed by atoms with E-state index >= 15 is 0 Å². The van der Waals surface area contributed by atoms with E-state index in [4.69, 9.17) is 30.4 Å². The molecule has 0 aromatic carbocycles. The van der Waals surface area contributed by atoms with Gasteiger partial charge in [-0.25, -0.2) is 5.43 Å². The van der Waals surface area contributed by atoms with Gasteiger partial charge in [0.25, 0.3) is 0 Å². The fraction of sp³-hybridized carbons (Fsp3) is 0.711. The minimum atomic E-state index is -1.59. The van der Waals surface area contributed by atoms with Crippen molar-refractivity contribution in [1.29, 1.82) is 0 Å². The van der Waals surface area contributed by atoms with E-state index in [1.54, 1.807) is 6.92 Å². The molecule has 0 saturated heterocycles. The molecule has 6 atom stereocenters. The van der Waals surface area contributed by atoms with Crippen LogP contribution in [0.5, 0.6) is 0 Å². The van der Waals surface area contributed by atoms with E-state index in [9.17, 15) is 68.1 Å². The quantitative estimate of drug-likeness (QED) is 0.0117. The number of methoxy groups -OCH3 is 2. The normalized spacial score (nSPS) is 13.7. The molecular weight excluding hydrogens is 1020 g/mol. The van der Waals surface area contributed by atoms with Crippen LogP contribution in [0.4, 0.5) is 0 Å². The Morgan fingerprint density at radius 1 is 0.506 bits per heavy atom. The number of nitrogens with zero attached hydrogens (tertiary/aromatic N) is 2. The third kappa shape index (κ3) is 36.6. The van der Waals surface area contributed by atoms with Crippen LogP contribution in [0.3, 0.4) is 0 Å². The fourth-order valence-corrected chi connectivity index (χ4v) is 6.12. The van der Waals surface area contributed by atoms with E-state index in [2.05, 4.69) is 63.6 Å². The Bertz CT molecular complexity index is 1960. The number of unbranched alkanes of at least 4 members (excludes halogenated alkanes) is 1. The van der Waals surface area contributed by atoms with Gasteiger partial charge in [0, 0.05) is 71.6 Å². The second-order valence-corrected chi connectivity index (χ2v) is 17.0. The molecule has 0 fully saturated rings. The number of carboxylic acid groups (broad SMARTS) is 2. The predicted octanol–water partition coefficient (Wildman–Crippen LogP) is -6.13. The van der Waals surface area contributed by atoms with Gasteiger partial charge in [0.15, 0.2) is 0 Å². The average molecular weight is 1110 g/mol. The molecule has 438 valence electrons. The number of rotatable bonds is 44. The third-order valence-electron chi connectivity index (χ3n) is 10.2.